The summed E-state index contributed by atoms with van der Waals surface area (Å²) in [4.78, 5) is 8.29. The van der Waals surface area contributed by atoms with Gasteiger partial charge >= 0.3 is 0 Å². The first-order chi connectivity index (χ1) is 11.7. The predicted octanol–water partition coefficient (Wildman–Crippen LogP) is 1.30. The lowest BCUT2D eigenvalue weighted by atomic mass is 10.1. The van der Waals surface area contributed by atoms with Crippen LogP contribution < -0.4 is 20.1 Å². The number of nitrogens with one attached hydrogen (secondary N) is 2. The van der Waals surface area contributed by atoms with Gasteiger partial charge in [-0.1, -0.05) is 11.2 Å². The fourth-order valence-corrected chi connectivity index (χ4v) is 2.15. The first-order valence-corrected chi connectivity index (χ1v) is 7.61. The maximum Gasteiger partial charge on any atom is 0.246 e. The summed E-state index contributed by atoms with van der Waals surface area (Å²) in [5, 5.41) is 10.1. The lowest BCUT2D eigenvalue weighted by Crippen LogP contribution is -2.37. The summed E-state index contributed by atoms with van der Waals surface area (Å²) < 4.78 is 15.6. The van der Waals surface area contributed by atoms with Crippen molar-refractivity contribution >= 4 is 5.96 Å². The molecule has 0 atom stereocenters. The Hall–Kier alpha value is -2.77. The molecule has 0 saturated heterocycles. The van der Waals surface area contributed by atoms with Gasteiger partial charge in [-0.05, 0) is 31.0 Å². The smallest absolute Gasteiger partial charge is 0.246 e. The van der Waals surface area contributed by atoms with Crippen molar-refractivity contribution in [2.75, 3.05) is 27.8 Å². The molecular formula is C16H23N5O3. The molecule has 2 rings (SSSR count). The van der Waals surface area contributed by atoms with E-state index in [2.05, 4.69) is 25.8 Å². The molecule has 0 amide bonds. The van der Waals surface area contributed by atoms with Gasteiger partial charge in [-0.15, -0.1) is 0 Å². The second kappa shape index (κ2) is 8.76. The summed E-state index contributed by atoms with van der Waals surface area (Å²) in [6.45, 7) is 2.93. The van der Waals surface area contributed by atoms with Gasteiger partial charge < -0.3 is 24.6 Å². The summed E-state index contributed by atoms with van der Waals surface area (Å²) in [5.41, 5.74) is 1.14. The number of hydrogen-bond donors (Lipinski definition) is 2. The molecule has 0 spiro atoms. The zero-order valence-electron chi connectivity index (χ0n) is 14.4. The number of aliphatic imine (C=N–C) groups is 1. The Morgan fingerprint density at radius 3 is 2.62 bits per heavy atom. The second-order valence-electron chi connectivity index (χ2n) is 5.03. The molecule has 1 heterocycles. The van der Waals surface area contributed by atoms with E-state index in [1.165, 1.54) is 0 Å². The Kier molecular flexibility index (Phi) is 6.41. The van der Waals surface area contributed by atoms with E-state index >= 15 is 0 Å². The molecule has 24 heavy (non-hydrogen) atoms. The number of benzene rings is 1. The van der Waals surface area contributed by atoms with E-state index in [-0.39, 0.29) is 0 Å². The lowest BCUT2D eigenvalue weighted by Gasteiger charge is -2.12. The quantitative estimate of drug-likeness (QED) is 0.582. The topological polar surface area (TPSA) is 93.8 Å². The van der Waals surface area contributed by atoms with Gasteiger partial charge in [0.2, 0.25) is 5.89 Å². The first-order valence-electron chi connectivity index (χ1n) is 7.61. The molecule has 0 radical (unpaired) electrons. The second-order valence-corrected chi connectivity index (χ2v) is 5.03. The van der Waals surface area contributed by atoms with Crippen LogP contribution in [0.1, 0.15) is 17.3 Å². The Morgan fingerprint density at radius 1 is 1.21 bits per heavy atom. The number of aromatic nitrogens is 2. The molecule has 0 bridgehead atoms. The molecule has 0 aliphatic carbocycles. The maximum atomic E-state index is 5.31. The summed E-state index contributed by atoms with van der Waals surface area (Å²) >= 11 is 0. The number of nitrogens with zero attached hydrogens (tertiary/aromatic N) is 3. The van der Waals surface area contributed by atoms with Crippen LogP contribution in [0, 0.1) is 6.92 Å². The number of ether oxygens (including phenoxy) is 2. The van der Waals surface area contributed by atoms with E-state index in [1.54, 1.807) is 28.2 Å². The summed E-state index contributed by atoms with van der Waals surface area (Å²) in [7, 11) is 4.97. The van der Waals surface area contributed by atoms with Crippen LogP contribution in [0.4, 0.5) is 0 Å². The number of methoxy groups -OCH3 is 2. The van der Waals surface area contributed by atoms with E-state index in [0.717, 1.165) is 30.0 Å². The fourth-order valence-electron chi connectivity index (χ4n) is 2.15. The maximum absolute atomic E-state index is 5.31. The van der Waals surface area contributed by atoms with Crippen LogP contribution in [0.25, 0.3) is 0 Å². The van der Waals surface area contributed by atoms with Crippen molar-refractivity contribution in [2.45, 2.75) is 19.9 Å². The lowest BCUT2D eigenvalue weighted by molar-refractivity contribution is 0.354. The summed E-state index contributed by atoms with van der Waals surface area (Å²) in [6.07, 6.45) is 0.820. The monoisotopic (exact) mass is 333 g/mol. The predicted molar refractivity (Wildman–Crippen MR) is 90.5 cm³/mol. The van der Waals surface area contributed by atoms with Gasteiger partial charge in [0.1, 0.15) is 0 Å². The van der Waals surface area contributed by atoms with Crippen molar-refractivity contribution in [1.82, 2.24) is 20.8 Å². The standard InChI is InChI=1S/C16H23N5O3/c1-11-20-15(24-21-11)10-19-16(17-2)18-8-7-12-5-6-13(22-3)14(9-12)23-4/h5-6,9H,7-8,10H2,1-4H3,(H2,17,18,19). The fraction of sp³-hybridized carbons (Fsp3) is 0.438. The minimum atomic E-state index is 0.427. The van der Waals surface area contributed by atoms with Gasteiger partial charge in [0.25, 0.3) is 0 Å². The van der Waals surface area contributed by atoms with Crippen LogP contribution in [0.5, 0.6) is 11.5 Å². The average molecular weight is 333 g/mol. The van der Waals surface area contributed by atoms with Crippen LogP contribution in [0.2, 0.25) is 0 Å². The van der Waals surface area contributed by atoms with Crippen LogP contribution in [0.3, 0.4) is 0 Å². The zero-order valence-corrected chi connectivity index (χ0v) is 14.4. The third-order valence-corrected chi connectivity index (χ3v) is 3.35. The molecule has 0 unspecified atom stereocenters. The molecule has 0 saturated carbocycles. The van der Waals surface area contributed by atoms with Crippen molar-refractivity contribution in [2.24, 2.45) is 4.99 Å². The summed E-state index contributed by atoms with van der Waals surface area (Å²) in [6, 6.07) is 5.89. The van der Waals surface area contributed by atoms with Crippen LogP contribution in [-0.2, 0) is 13.0 Å². The minimum Gasteiger partial charge on any atom is -0.493 e. The largest absolute Gasteiger partial charge is 0.493 e. The first kappa shape index (κ1) is 17.6. The highest BCUT2D eigenvalue weighted by Crippen LogP contribution is 2.27. The average Bonchev–Trinajstić information content (AvgIpc) is 3.03. The van der Waals surface area contributed by atoms with E-state index in [0.29, 0.717) is 24.2 Å². The van der Waals surface area contributed by atoms with Gasteiger partial charge in [0, 0.05) is 13.6 Å². The highest BCUT2D eigenvalue weighted by atomic mass is 16.5. The highest BCUT2D eigenvalue weighted by Gasteiger charge is 2.06. The Balaban J connectivity index is 1.81. The van der Waals surface area contributed by atoms with Gasteiger partial charge in [-0.2, -0.15) is 4.98 Å². The molecule has 0 fully saturated rings. The van der Waals surface area contributed by atoms with E-state index in [9.17, 15) is 0 Å². The van der Waals surface area contributed by atoms with Crippen LogP contribution >= 0.6 is 0 Å². The molecule has 1 aromatic carbocycles. The number of aryl methyl sites for hydroxylation is 1. The Morgan fingerprint density at radius 2 is 2.00 bits per heavy atom. The normalized spacial score (nSPS) is 11.2. The number of rotatable bonds is 7. The molecule has 8 heteroatoms. The van der Waals surface area contributed by atoms with Crippen molar-refractivity contribution in [3.05, 3.63) is 35.5 Å². The number of guanidine groups is 1. The van der Waals surface area contributed by atoms with Crippen molar-refractivity contribution in [1.29, 1.82) is 0 Å². The van der Waals surface area contributed by atoms with Gasteiger partial charge in [-0.3, -0.25) is 4.99 Å². The minimum absolute atomic E-state index is 0.427. The van der Waals surface area contributed by atoms with E-state index < -0.39 is 0 Å². The molecule has 2 aromatic rings. The van der Waals surface area contributed by atoms with E-state index in [1.807, 2.05) is 18.2 Å². The van der Waals surface area contributed by atoms with Crippen LogP contribution in [0.15, 0.2) is 27.7 Å². The number of hydrogen-bond acceptors (Lipinski definition) is 6. The molecule has 8 nitrogen and oxygen atoms in total. The molecule has 0 aliphatic heterocycles. The molecule has 130 valence electrons. The SMILES string of the molecule is CN=C(NCCc1ccc(OC)c(OC)c1)NCc1nc(C)no1. The highest BCUT2D eigenvalue weighted by molar-refractivity contribution is 5.79. The van der Waals surface area contributed by atoms with Gasteiger partial charge in [-0.25, -0.2) is 0 Å². The van der Waals surface area contributed by atoms with Crippen LogP contribution in [-0.4, -0.2) is 43.9 Å². The molecule has 2 N–H and O–H groups in total. The van der Waals surface area contributed by atoms with E-state index in [4.69, 9.17) is 14.0 Å². The van der Waals surface area contributed by atoms with Crippen molar-refractivity contribution < 1.29 is 14.0 Å². The molecule has 0 aliphatic rings. The third kappa shape index (κ3) is 4.87. The van der Waals surface area contributed by atoms with Gasteiger partial charge in [0.05, 0.1) is 20.8 Å². The van der Waals surface area contributed by atoms with Crippen molar-refractivity contribution in [3.63, 3.8) is 0 Å². The Bertz CT molecular complexity index is 684. The third-order valence-electron chi connectivity index (χ3n) is 3.35. The molecule has 1 aromatic heterocycles. The Labute approximate surface area is 141 Å². The molecular weight excluding hydrogens is 310 g/mol. The summed E-state index contributed by atoms with van der Waals surface area (Å²) in [5.74, 6) is 3.26. The zero-order chi connectivity index (χ0) is 17.4. The van der Waals surface area contributed by atoms with Crippen molar-refractivity contribution in [3.8, 4) is 11.5 Å². The van der Waals surface area contributed by atoms with Gasteiger partial charge in [0.15, 0.2) is 23.3 Å².